The van der Waals surface area contributed by atoms with Gasteiger partial charge in [0.05, 0.1) is 6.10 Å². The van der Waals surface area contributed by atoms with Crippen LogP contribution in [0, 0.1) is 11.3 Å². The largest absolute Gasteiger partial charge is 0.416 e. The maximum Gasteiger partial charge on any atom is 0.192 e. The van der Waals surface area contributed by atoms with Crippen LogP contribution in [0.3, 0.4) is 0 Å². The van der Waals surface area contributed by atoms with Crippen molar-refractivity contribution >= 4 is 8.32 Å². The Balaban J connectivity index is 1.89. The summed E-state index contributed by atoms with van der Waals surface area (Å²) in [5.41, 5.74) is 0.347. The zero-order valence-corrected chi connectivity index (χ0v) is 12.3. The van der Waals surface area contributed by atoms with Crippen LogP contribution in [0.25, 0.3) is 0 Å². The lowest BCUT2D eigenvalue weighted by atomic mass is 9.70. The summed E-state index contributed by atoms with van der Waals surface area (Å²) in [6, 6.07) is 0. The second kappa shape index (κ2) is 3.56. The molecule has 0 aromatic heterocycles. The van der Waals surface area contributed by atoms with Crippen LogP contribution in [0.15, 0.2) is 0 Å². The van der Waals surface area contributed by atoms with Crippen LogP contribution in [0.1, 0.15) is 40.0 Å². The van der Waals surface area contributed by atoms with Gasteiger partial charge >= 0.3 is 0 Å². The maximum atomic E-state index is 9.75. The van der Waals surface area contributed by atoms with Crippen molar-refractivity contribution in [1.29, 1.82) is 0 Å². The predicted octanol–water partition coefficient (Wildman–Crippen LogP) is 3.17. The fourth-order valence-corrected chi connectivity index (χ4v) is 3.93. The molecule has 0 unspecified atom stereocenters. The summed E-state index contributed by atoms with van der Waals surface area (Å²) >= 11 is 0. The fourth-order valence-electron chi connectivity index (χ4n) is 2.83. The zero-order chi connectivity index (χ0) is 12.2. The summed E-state index contributed by atoms with van der Waals surface area (Å²) in [4.78, 5) is 0. The van der Waals surface area contributed by atoms with E-state index in [-0.39, 0.29) is 6.10 Å². The SMILES string of the molecule is CC(C)(C)[Si](C)(C)OCC12CC(C1)[C@@H](O)C2. The Morgan fingerprint density at radius 3 is 2.19 bits per heavy atom. The Morgan fingerprint density at radius 2 is 1.81 bits per heavy atom. The van der Waals surface area contributed by atoms with Crippen molar-refractivity contribution in [3.05, 3.63) is 0 Å². The topological polar surface area (TPSA) is 29.5 Å². The summed E-state index contributed by atoms with van der Waals surface area (Å²) in [6.45, 7) is 12.4. The minimum Gasteiger partial charge on any atom is -0.416 e. The van der Waals surface area contributed by atoms with E-state index in [2.05, 4.69) is 33.9 Å². The van der Waals surface area contributed by atoms with Crippen LogP contribution < -0.4 is 0 Å². The van der Waals surface area contributed by atoms with E-state index in [1.54, 1.807) is 0 Å². The first kappa shape index (κ1) is 12.6. The van der Waals surface area contributed by atoms with Gasteiger partial charge in [0.1, 0.15) is 0 Å². The molecule has 0 heterocycles. The lowest BCUT2D eigenvalue weighted by Crippen LogP contribution is -2.45. The highest BCUT2D eigenvalue weighted by molar-refractivity contribution is 6.74. The molecule has 16 heavy (non-hydrogen) atoms. The molecule has 0 saturated heterocycles. The molecule has 0 aromatic carbocycles. The molecule has 0 radical (unpaired) electrons. The highest BCUT2D eigenvalue weighted by atomic mass is 28.4. The molecule has 94 valence electrons. The molecule has 1 N–H and O–H groups in total. The molecule has 1 atom stereocenters. The Hall–Kier alpha value is 0.137. The van der Waals surface area contributed by atoms with Gasteiger partial charge in [-0.3, -0.25) is 0 Å². The molecule has 2 bridgehead atoms. The van der Waals surface area contributed by atoms with Crippen LogP contribution in [0.4, 0.5) is 0 Å². The third kappa shape index (κ3) is 1.98. The number of rotatable bonds is 3. The van der Waals surface area contributed by atoms with Crippen molar-refractivity contribution in [3.8, 4) is 0 Å². The first-order chi connectivity index (χ1) is 7.15. The van der Waals surface area contributed by atoms with Crippen LogP contribution in [-0.4, -0.2) is 26.1 Å². The highest BCUT2D eigenvalue weighted by Crippen LogP contribution is 2.59. The van der Waals surface area contributed by atoms with Gasteiger partial charge in [0.25, 0.3) is 0 Å². The van der Waals surface area contributed by atoms with Gasteiger partial charge in [-0.15, -0.1) is 0 Å². The van der Waals surface area contributed by atoms with Crippen molar-refractivity contribution in [2.75, 3.05) is 6.61 Å². The molecule has 3 saturated carbocycles. The molecule has 3 rings (SSSR count). The van der Waals surface area contributed by atoms with Gasteiger partial charge in [-0.1, -0.05) is 20.8 Å². The van der Waals surface area contributed by atoms with E-state index in [0.29, 0.717) is 16.4 Å². The van der Waals surface area contributed by atoms with E-state index in [9.17, 15) is 5.11 Å². The molecular formula is C13H26O2Si. The summed E-state index contributed by atoms with van der Waals surface area (Å²) in [7, 11) is -1.60. The van der Waals surface area contributed by atoms with Crippen molar-refractivity contribution in [2.45, 2.75) is 64.3 Å². The molecule has 0 aliphatic heterocycles. The molecule has 0 amide bonds. The van der Waals surface area contributed by atoms with E-state index >= 15 is 0 Å². The molecule has 3 aliphatic rings. The molecule has 0 aromatic rings. The van der Waals surface area contributed by atoms with E-state index < -0.39 is 8.32 Å². The standard InChI is InChI=1S/C13H26O2Si/c1-12(2,3)16(4,5)15-9-13-6-10(7-13)11(14)8-13/h10-11,14H,6-9H2,1-5H3/t10?,11-,13?/m0/s1. The van der Waals surface area contributed by atoms with Crippen LogP contribution in [0.5, 0.6) is 0 Å². The van der Waals surface area contributed by atoms with Gasteiger partial charge in [0.15, 0.2) is 8.32 Å². The lowest BCUT2D eigenvalue weighted by Gasteiger charge is -2.43. The third-order valence-corrected chi connectivity index (χ3v) is 9.60. The third-order valence-electron chi connectivity index (χ3n) is 5.12. The van der Waals surface area contributed by atoms with Crippen molar-refractivity contribution in [1.82, 2.24) is 0 Å². The van der Waals surface area contributed by atoms with Gasteiger partial charge in [-0.05, 0) is 48.7 Å². The molecule has 2 nitrogen and oxygen atoms in total. The van der Waals surface area contributed by atoms with Crippen molar-refractivity contribution in [3.63, 3.8) is 0 Å². The second-order valence-corrected chi connectivity index (χ2v) is 12.3. The number of fused-ring (bicyclic) bond motifs is 1. The average Bonchev–Trinajstić information content (AvgIpc) is 2.51. The smallest absolute Gasteiger partial charge is 0.192 e. The molecule has 3 aliphatic carbocycles. The maximum absolute atomic E-state index is 9.75. The number of aliphatic hydroxyl groups excluding tert-OH is 1. The second-order valence-electron chi connectivity index (χ2n) is 7.49. The van der Waals surface area contributed by atoms with E-state index in [1.165, 1.54) is 12.8 Å². The highest BCUT2D eigenvalue weighted by Gasteiger charge is 2.56. The van der Waals surface area contributed by atoms with E-state index in [0.717, 1.165) is 13.0 Å². The fraction of sp³-hybridized carbons (Fsp3) is 1.00. The minimum atomic E-state index is -1.60. The number of hydrogen-bond donors (Lipinski definition) is 1. The summed E-state index contributed by atoms with van der Waals surface area (Å²) in [5.74, 6) is 0.586. The zero-order valence-electron chi connectivity index (χ0n) is 11.3. The van der Waals surface area contributed by atoms with Gasteiger partial charge in [-0.2, -0.15) is 0 Å². The quantitative estimate of drug-likeness (QED) is 0.770. The monoisotopic (exact) mass is 242 g/mol. The molecular weight excluding hydrogens is 216 g/mol. The molecule has 3 heteroatoms. The molecule has 3 fully saturated rings. The predicted molar refractivity (Wildman–Crippen MR) is 68.9 cm³/mol. The van der Waals surface area contributed by atoms with Gasteiger partial charge < -0.3 is 9.53 Å². The summed E-state index contributed by atoms with van der Waals surface area (Å²) in [6.07, 6.45) is 3.33. The van der Waals surface area contributed by atoms with Crippen molar-refractivity contribution < 1.29 is 9.53 Å². The van der Waals surface area contributed by atoms with Crippen LogP contribution >= 0.6 is 0 Å². The van der Waals surface area contributed by atoms with Crippen molar-refractivity contribution in [2.24, 2.45) is 11.3 Å². The Kier molecular flexibility index (Phi) is 2.80. The Labute approximate surface area is 101 Å². The average molecular weight is 242 g/mol. The van der Waals surface area contributed by atoms with Gasteiger partial charge in [-0.25, -0.2) is 0 Å². The first-order valence-electron chi connectivity index (χ1n) is 6.47. The normalized spacial score (nSPS) is 38.6. The number of aliphatic hydroxyl groups is 1. The Bertz CT molecular complexity index is 274. The van der Waals surface area contributed by atoms with Crippen LogP contribution in [-0.2, 0) is 4.43 Å². The number of hydrogen-bond acceptors (Lipinski definition) is 2. The Morgan fingerprint density at radius 1 is 1.25 bits per heavy atom. The minimum absolute atomic E-state index is 0.0389. The van der Waals surface area contributed by atoms with Crippen LogP contribution in [0.2, 0.25) is 18.1 Å². The van der Waals surface area contributed by atoms with Gasteiger partial charge in [0, 0.05) is 6.61 Å². The van der Waals surface area contributed by atoms with E-state index in [1.807, 2.05) is 0 Å². The summed E-state index contributed by atoms with van der Waals surface area (Å²) < 4.78 is 6.29. The van der Waals surface area contributed by atoms with Gasteiger partial charge in [0.2, 0.25) is 0 Å². The lowest BCUT2D eigenvalue weighted by molar-refractivity contribution is 0.0536. The van der Waals surface area contributed by atoms with E-state index in [4.69, 9.17) is 4.43 Å². The summed E-state index contributed by atoms with van der Waals surface area (Å²) in [5, 5.41) is 10.0. The first-order valence-corrected chi connectivity index (χ1v) is 9.38. The molecule has 0 spiro atoms.